The average molecular weight is 349 g/mol. The minimum absolute atomic E-state index is 0.0729. The summed E-state index contributed by atoms with van der Waals surface area (Å²) in [5.74, 6) is 1.11. The number of hydrogen-bond acceptors (Lipinski definition) is 6. The van der Waals surface area contributed by atoms with Gasteiger partial charge in [0.15, 0.2) is 11.6 Å². The highest BCUT2D eigenvalue weighted by Gasteiger charge is 2.40. The van der Waals surface area contributed by atoms with Crippen molar-refractivity contribution in [2.24, 2.45) is 0 Å². The lowest BCUT2D eigenvalue weighted by Crippen LogP contribution is -2.48. The Morgan fingerprint density at radius 1 is 1.25 bits per heavy atom. The molecule has 2 heterocycles. The van der Waals surface area contributed by atoms with Gasteiger partial charge in [0.05, 0.1) is 10.8 Å². The molecule has 0 radical (unpaired) electrons. The largest absolute Gasteiger partial charge is 0.339 e. The summed E-state index contributed by atoms with van der Waals surface area (Å²) in [5, 5.41) is 3.90. The molecule has 3 rings (SSSR count). The van der Waals surface area contributed by atoms with Gasteiger partial charge in [-0.2, -0.15) is 9.29 Å². The number of benzene rings is 1. The molecular weight excluding hydrogens is 330 g/mol. The van der Waals surface area contributed by atoms with E-state index in [1.165, 1.54) is 35.5 Å². The van der Waals surface area contributed by atoms with Crippen LogP contribution in [0.25, 0.3) is 0 Å². The normalized spacial score (nSPS) is 16.3. The van der Waals surface area contributed by atoms with Crippen molar-refractivity contribution in [3.05, 3.63) is 41.5 Å². The second kappa shape index (κ2) is 6.10. The van der Waals surface area contributed by atoms with Crippen LogP contribution < -0.4 is 0 Å². The Morgan fingerprint density at radius 2 is 1.88 bits per heavy atom. The zero-order valence-corrected chi connectivity index (χ0v) is 14.6. The Bertz CT molecular complexity index is 850. The van der Waals surface area contributed by atoms with Crippen molar-refractivity contribution in [1.29, 1.82) is 0 Å². The van der Waals surface area contributed by atoms with Gasteiger partial charge in [0.25, 0.3) is 0 Å². The molecule has 0 aliphatic carbocycles. The number of Topliss-reactive ketones (excluding diaryl/α,β-unsaturated/α-hetero) is 1. The van der Waals surface area contributed by atoms with Crippen LogP contribution in [0.4, 0.5) is 0 Å². The van der Waals surface area contributed by atoms with E-state index < -0.39 is 10.0 Å². The SMILES string of the molecule is CC(=O)c1ccc(S(=O)(=O)N2CC(c3nc(C(C)C)no3)C2)cc1. The Balaban J connectivity index is 1.70. The molecule has 0 spiro atoms. The highest BCUT2D eigenvalue weighted by molar-refractivity contribution is 7.89. The lowest BCUT2D eigenvalue weighted by atomic mass is 10.0. The van der Waals surface area contributed by atoms with Crippen LogP contribution in [0, 0.1) is 0 Å². The van der Waals surface area contributed by atoms with Crippen LogP contribution in [0.1, 0.15) is 54.7 Å². The van der Waals surface area contributed by atoms with E-state index in [1.807, 2.05) is 13.8 Å². The number of ketones is 1. The van der Waals surface area contributed by atoms with Gasteiger partial charge in [-0.3, -0.25) is 4.79 Å². The summed E-state index contributed by atoms with van der Waals surface area (Å²) in [6, 6.07) is 5.98. The van der Waals surface area contributed by atoms with Crippen molar-refractivity contribution < 1.29 is 17.7 Å². The Kier molecular flexibility index (Phi) is 4.27. The summed E-state index contributed by atoms with van der Waals surface area (Å²) in [6.45, 7) is 6.01. The number of carbonyl (C=O) groups excluding carboxylic acids is 1. The maximum absolute atomic E-state index is 12.6. The van der Waals surface area contributed by atoms with E-state index in [0.717, 1.165) is 0 Å². The number of sulfonamides is 1. The molecule has 1 aliphatic heterocycles. The van der Waals surface area contributed by atoms with Crippen molar-refractivity contribution in [3.63, 3.8) is 0 Å². The van der Waals surface area contributed by atoms with Crippen LogP contribution in [-0.4, -0.2) is 41.7 Å². The molecule has 1 saturated heterocycles. The predicted molar refractivity (Wildman–Crippen MR) is 86.3 cm³/mol. The molecule has 0 amide bonds. The maximum atomic E-state index is 12.6. The van der Waals surface area contributed by atoms with Gasteiger partial charge < -0.3 is 4.52 Å². The van der Waals surface area contributed by atoms with Crippen molar-refractivity contribution in [3.8, 4) is 0 Å². The first-order chi connectivity index (χ1) is 11.3. The first kappa shape index (κ1) is 16.8. The molecule has 1 aromatic heterocycles. The zero-order chi connectivity index (χ0) is 17.5. The van der Waals surface area contributed by atoms with E-state index in [1.54, 1.807) is 0 Å². The fourth-order valence-electron chi connectivity index (χ4n) is 2.45. The summed E-state index contributed by atoms with van der Waals surface area (Å²) in [5.41, 5.74) is 0.488. The molecule has 128 valence electrons. The summed E-state index contributed by atoms with van der Waals surface area (Å²) < 4.78 is 31.7. The molecule has 7 nitrogen and oxygen atoms in total. The van der Waals surface area contributed by atoms with Crippen LogP contribution in [0.15, 0.2) is 33.7 Å². The Morgan fingerprint density at radius 3 is 2.38 bits per heavy atom. The first-order valence-corrected chi connectivity index (χ1v) is 9.17. The van der Waals surface area contributed by atoms with Gasteiger partial charge >= 0.3 is 0 Å². The fourth-order valence-corrected chi connectivity index (χ4v) is 3.98. The van der Waals surface area contributed by atoms with Crippen LogP contribution >= 0.6 is 0 Å². The summed E-state index contributed by atoms with van der Waals surface area (Å²) >= 11 is 0. The summed E-state index contributed by atoms with van der Waals surface area (Å²) in [6.07, 6.45) is 0. The first-order valence-electron chi connectivity index (χ1n) is 7.73. The summed E-state index contributed by atoms with van der Waals surface area (Å²) in [7, 11) is -3.56. The smallest absolute Gasteiger partial charge is 0.243 e. The molecule has 2 aromatic rings. The van der Waals surface area contributed by atoms with Gasteiger partial charge in [-0.25, -0.2) is 8.42 Å². The minimum atomic E-state index is -3.56. The molecule has 0 atom stereocenters. The number of rotatable bonds is 5. The van der Waals surface area contributed by atoms with E-state index in [2.05, 4.69) is 10.1 Å². The molecular formula is C16H19N3O4S. The highest BCUT2D eigenvalue weighted by Crippen LogP contribution is 2.31. The second-order valence-electron chi connectivity index (χ2n) is 6.25. The Labute approximate surface area is 140 Å². The monoisotopic (exact) mass is 349 g/mol. The highest BCUT2D eigenvalue weighted by atomic mass is 32.2. The van der Waals surface area contributed by atoms with Crippen LogP contribution in [0.5, 0.6) is 0 Å². The third kappa shape index (κ3) is 2.99. The van der Waals surface area contributed by atoms with Crippen molar-refractivity contribution in [2.45, 2.75) is 37.5 Å². The molecule has 0 saturated carbocycles. The number of carbonyl (C=O) groups is 1. The van der Waals surface area contributed by atoms with Gasteiger partial charge in [0.2, 0.25) is 15.9 Å². The number of aromatic nitrogens is 2. The van der Waals surface area contributed by atoms with Crippen molar-refractivity contribution in [1.82, 2.24) is 14.4 Å². The standard InChI is InChI=1S/C16H19N3O4S/c1-10(2)15-17-16(23-18-15)13-8-19(9-13)24(21,22)14-6-4-12(5-7-14)11(3)20/h4-7,10,13H,8-9H2,1-3H3. The molecule has 1 aromatic carbocycles. The quantitative estimate of drug-likeness (QED) is 0.768. The lowest BCUT2D eigenvalue weighted by molar-refractivity contribution is 0.101. The van der Waals surface area contributed by atoms with Gasteiger partial charge in [-0.1, -0.05) is 31.1 Å². The second-order valence-corrected chi connectivity index (χ2v) is 8.18. The van der Waals surface area contributed by atoms with E-state index in [-0.39, 0.29) is 22.5 Å². The van der Waals surface area contributed by atoms with Crippen molar-refractivity contribution in [2.75, 3.05) is 13.1 Å². The lowest BCUT2D eigenvalue weighted by Gasteiger charge is -2.35. The van der Waals surface area contributed by atoms with E-state index in [4.69, 9.17) is 4.52 Å². The Hall–Kier alpha value is -2.06. The van der Waals surface area contributed by atoms with Crippen molar-refractivity contribution >= 4 is 15.8 Å². The third-order valence-electron chi connectivity index (χ3n) is 4.07. The molecule has 0 bridgehead atoms. The van der Waals surface area contributed by atoms with E-state index >= 15 is 0 Å². The number of nitrogens with zero attached hydrogens (tertiary/aromatic N) is 3. The van der Waals surface area contributed by atoms with E-state index in [9.17, 15) is 13.2 Å². The van der Waals surface area contributed by atoms with Crippen LogP contribution in [-0.2, 0) is 10.0 Å². The molecule has 1 aliphatic rings. The maximum Gasteiger partial charge on any atom is 0.243 e. The molecule has 1 fully saturated rings. The molecule has 0 unspecified atom stereocenters. The molecule has 24 heavy (non-hydrogen) atoms. The topological polar surface area (TPSA) is 93.4 Å². The van der Waals surface area contributed by atoms with Gasteiger partial charge in [0.1, 0.15) is 0 Å². The molecule has 8 heteroatoms. The van der Waals surface area contributed by atoms with Crippen LogP contribution in [0.3, 0.4) is 0 Å². The predicted octanol–water partition coefficient (Wildman–Crippen LogP) is 2.18. The average Bonchev–Trinajstić information content (AvgIpc) is 2.95. The third-order valence-corrected chi connectivity index (χ3v) is 5.92. The zero-order valence-electron chi connectivity index (χ0n) is 13.8. The van der Waals surface area contributed by atoms with Crippen LogP contribution in [0.2, 0.25) is 0 Å². The van der Waals surface area contributed by atoms with Gasteiger partial charge in [-0.15, -0.1) is 0 Å². The molecule has 0 N–H and O–H groups in total. The summed E-state index contributed by atoms with van der Waals surface area (Å²) in [4.78, 5) is 15.8. The minimum Gasteiger partial charge on any atom is -0.339 e. The van der Waals surface area contributed by atoms with Gasteiger partial charge in [0, 0.05) is 24.6 Å². The van der Waals surface area contributed by atoms with Gasteiger partial charge in [-0.05, 0) is 19.1 Å². The fraction of sp³-hybridized carbons (Fsp3) is 0.438. The number of hydrogen-bond donors (Lipinski definition) is 0. The van der Waals surface area contributed by atoms with E-state index in [0.29, 0.717) is 30.4 Å².